The zero-order chi connectivity index (χ0) is 15.1. The standard InChI is InChI=1S/C15H20N2O3S/c1-3-19-14(18)9-12-10-21-15(17-12)16-11(2)6-7-13-5-4-8-20-13/h4-5,8,10-11H,3,6-7,9H2,1-2H3,(H,16,17). The molecule has 2 heterocycles. The molecule has 0 aromatic carbocycles. The molecule has 0 aliphatic heterocycles. The van der Waals surface area contributed by atoms with Crippen LogP contribution < -0.4 is 5.32 Å². The van der Waals surface area contributed by atoms with E-state index in [1.54, 1.807) is 13.2 Å². The molecule has 0 spiro atoms. The Balaban J connectivity index is 1.77. The lowest BCUT2D eigenvalue weighted by Gasteiger charge is -2.11. The average molecular weight is 308 g/mol. The van der Waals surface area contributed by atoms with Crippen LogP contribution in [0.5, 0.6) is 0 Å². The summed E-state index contributed by atoms with van der Waals surface area (Å²) in [6.07, 6.45) is 3.77. The fraction of sp³-hybridized carbons (Fsp3) is 0.467. The highest BCUT2D eigenvalue weighted by Gasteiger charge is 2.10. The van der Waals surface area contributed by atoms with Crippen molar-refractivity contribution in [3.63, 3.8) is 0 Å². The number of anilines is 1. The summed E-state index contributed by atoms with van der Waals surface area (Å²) in [4.78, 5) is 15.8. The van der Waals surface area contributed by atoms with Crippen LogP contribution in [0, 0.1) is 0 Å². The van der Waals surface area contributed by atoms with Gasteiger partial charge in [0, 0.05) is 17.8 Å². The van der Waals surface area contributed by atoms with E-state index < -0.39 is 0 Å². The van der Waals surface area contributed by atoms with Gasteiger partial charge in [-0.25, -0.2) is 4.98 Å². The van der Waals surface area contributed by atoms with E-state index in [1.165, 1.54) is 11.3 Å². The van der Waals surface area contributed by atoms with Gasteiger partial charge < -0.3 is 14.5 Å². The SMILES string of the molecule is CCOC(=O)Cc1csc(NC(C)CCc2ccco2)n1. The van der Waals surface area contributed by atoms with Crippen molar-refractivity contribution >= 4 is 22.4 Å². The second-order valence-corrected chi connectivity index (χ2v) is 5.65. The quantitative estimate of drug-likeness (QED) is 0.758. The molecular weight excluding hydrogens is 288 g/mol. The van der Waals surface area contributed by atoms with Crippen molar-refractivity contribution in [2.24, 2.45) is 0 Å². The molecule has 114 valence electrons. The Kier molecular flexibility index (Phi) is 5.80. The lowest BCUT2D eigenvalue weighted by atomic mass is 10.1. The van der Waals surface area contributed by atoms with Gasteiger partial charge in [-0.05, 0) is 32.4 Å². The maximum absolute atomic E-state index is 11.4. The monoisotopic (exact) mass is 308 g/mol. The first-order valence-electron chi connectivity index (χ1n) is 7.06. The third kappa shape index (κ3) is 5.23. The van der Waals surface area contributed by atoms with Crippen molar-refractivity contribution in [1.29, 1.82) is 0 Å². The predicted octanol–water partition coefficient (Wildman–Crippen LogP) is 3.27. The third-order valence-corrected chi connectivity index (χ3v) is 3.78. The first-order chi connectivity index (χ1) is 10.2. The second-order valence-electron chi connectivity index (χ2n) is 4.79. The minimum atomic E-state index is -0.236. The lowest BCUT2D eigenvalue weighted by Crippen LogP contribution is -2.16. The number of esters is 1. The molecule has 21 heavy (non-hydrogen) atoms. The predicted molar refractivity (Wildman–Crippen MR) is 82.6 cm³/mol. The maximum atomic E-state index is 11.4. The van der Waals surface area contributed by atoms with Gasteiger partial charge in [0.25, 0.3) is 0 Å². The van der Waals surface area contributed by atoms with Crippen LogP contribution in [0.1, 0.15) is 31.7 Å². The Labute approximate surface area is 128 Å². The van der Waals surface area contributed by atoms with Crippen LogP contribution >= 0.6 is 11.3 Å². The molecule has 6 heteroatoms. The van der Waals surface area contributed by atoms with Gasteiger partial charge in [0.1, 0.15) is 5.76 Å². The van der Waals surface area contributed by atoms with Crippen LogP contribution in [0.2, 0.25) is 0 Å². The van der Waals surface area contributed by atoms with Gasteiger partial charge in [0.2, 0.25) is 0 Å². The number of aromatic nitrogens is 1. The Hall–Kier alpha value is -1.82. The summed E-state index contributed by atoms with van der Waals surface area (Å²) in [5.41, 5.74) is 0.749. The van der Waals surface area contributed by atoms with Gasteiger partial charge in [-0.1, -0.05) is 0 Å². The molecule has 5 nitrogen and oxygen atoms in total. The van der Waals surface area contributed by atoms with E-state index in [2.05, 4.69) is 17.2 Å². The molecule has 0 saturated carbocycles. The first kappa shape index (κ1) is 15.6. The molecule has 0 aliphatic carbocycles. The zero-order valence-electron chi connectivity index (χ0n) is 12.3. The molecule has 1 N–H and O–H groups in total. The smallest absolute Gasteiger partial charge is 0.311 e. The Morgan fingerprint density at radius 3 is 3.14 bits per heavy atom. The fourth-order valence-electron chi connectivity index (χ4n) is 1.91. The van der Waals surface area contributed by atoms with Crippen LogP contribution in [0.3, 0.4) is 0 Å². The van der Waals surface area contributed by atoms with E-state index in [0.29, 0.717) is 6.61 Å². The topological polar surface area (TPSA) is 64.4 Å². The zero-order valence-corrected chi connectivity index (χ0v) is 13.1. The second kappa shape index (κ2) is 7.83. The van der Waals surface area contributed by atoms with E-state index in [0.717, 1.165) is 29.4 Å². The van der Waals surface area contributed by atoms with Crippen LogP contribution in [0.4, 0.5) is 5.13 Å². The Bertz CT molecular complexity index is 551. The number of carbonyl (C=O) groups excluding carboxylic acids is 1. The molecular formula is C15H20N2O3S. The highest BCUT2D eigenvalue weighted by Crippen LogP contribution is 2.18. The van der Waals surface area contributed by atoms with Crippen LogP contribution in [0.15, 0.2) is 28.2 Å². The van der Waals surface area contributed by atoms with E-state index in [4.69, 9.17) is 9.15 Å². The number of hydrogen-bond donors (Lipinski definition) is 1. The largest absolute Gasteiger partial charge is 0.469 e. The number of thiazole rings is 1. The van der Waals surface area contributed by atoms with Crippen molar-refractivity contribution in [2.45, 2.75) is 39.2 Å². The molecule has 0 bridgehead atoms. The van der Waals surface area contributed by atoms with Gasteiger partial charge in [0.05, 0.1) is 25.0 Å². The summed E-state index contributed by atoms with van der Waals surface area (Å²) in [6, 6.07) is 4.17. The van der Waals surface area contributed by atoms with E-state index >= 15 is 0 Å². The molecule has 0 amide bonds. The van der Waals surface area contributed by atoms with Crippen molar-refractivity contribution < 1.29 is 13.9 Å². The van der Waals surface area contributed by atoms with Gasteiger partial charge in [0.15, 0.2) is 5.13 Å². The average Bonchev–Trinajstić information content (AvgIpc) is 3.08. The number of aryl methyl sites for hydroxylation is 1. The van der Waals surface area contributed by atoms with E-state index in [1.807, 2.05) is 17.5 Å². The van der Waals surface area contributed by atoms with E-state index in [9.17, 15) is 4.79 Å². The van der Waals surface area contributed by atoms with Crippen LogP contribution in [-0.2, 0) is 22.4 Å². The van der Waals surface area contributed by atoms with Crippen LogP contribution in [-0.4, -0.2) is 23.6 Å². The van der Waals surface area contributed by atoms with Crippen molar-refractivity contribution in [3.05, 3.63) is 35.2 Å². The minimum Gasteiger partial charge on any atom is -0.469 e. The van der Waals surface area contributed by atoms with Gasteiger partial charge in [-0.15, -0.1) is 11.3 Å². The number of carbonyl (C=O) groups is 1. The minimum absolute atomic E-state index is 0.229. The highest BCUT2D eigenvalue weighted by atomic mass is 32.1. The summed E-state index contributed by atoms with van der Waals surface area (Å²) in [5, 5.41) is 6.07. The molecule has 0 saturated heterocycles. The summed E-state index contributed by atoms with van der Waals surface area (Å²) < 4.78 is 10.2. The molecule has 1 unspecified atom stereocenters. The number of rotatable bonds is 8. The van der Waals surface area contributed by atoms with Gasteiger partial charge in [-0.2, -0.15) is 0 Å². The number of nitrogens with zero attached hydrogens (tertiary/aromatic N) is 1. The fourth-order valence-corrected chi connectivity index (χ4v) is 2.73. The lowest BCUT2D eigenvalue weighted by molar-refractivity contribution is -0.142. The van der Waals surface area contributed by atoms with Crippen LogP contribution in [0.25, 0.3) is 0 Å². The van der Waals surface area contributed by atoms with Crippen molar-refractivity contribution in [3.8, 4) is 0 Å². The van der Waals surface area contributed by atoms with Gasteiger partial charge in [-0.3, -0.25) is 4.79 Å². The third-order valence-electron chi connectivity index (χ3n) is 2.96. The summed E-state index contributed by atoms with van der Waals surface area (Å²) in [6.45, 7) is 4.31. The molecule has 2 aromatic heterocycles. The van der Waals surface area contributed by atoms with E-state index in [-0.39, 0.29) is 18.4 Å². The number of furan rings is 1. The molecule has 0 radical (unpaired) electrons. The number of nitrogens with one attached hydrogen (secondary N) is 1. The first-order valence-corrected chi connectivity index (χ1v) is 7.94. The molecule has 0 aliphatic rings. The van der Waals surface area contributed by atoms with Crippen molar-refractivity contribution in [2.75, 3.05) is 11.9 Å². The summed E-state index contributed by atoms with van der Waals surface area (Å²) >= 11 is 1.51. The highest BCUT2D eigenvalue weighted by molar-refractivity contribution is 7.13. The molecule has 0 fully saturated rings. The Morgan fingerprint density at radius 2 is 2.43 bits per heavy atom. The summed E-state index contributed by atoms with van der Waals surface area (Å²) in [5.74, 6) is 0.756. The van der Waals surface area contributed by atoms with Crippen molar-refractivity contribution in [1.82, 2.24) is 4.98 Å². The normalized spacial score (nSPS) is 12.1. The van der Waals surface area contributed by atoms with Gasteiger partial charge >= 0.3 is 5.97 Å². The maximum Gasteiger partial charge on any atom is 0.311 e. The molecule has 1 atom stereocenters. The summed E-state index contributed by atoms with van der Waals surface area (Å²) in [7, 11) is 0. The molecule has 2 aromatic rings. The Morgan fingerprint density at radius 1 is 1.57 bits per heavy atom. The number of hydrogen-bond acceptors (Lipinski definition) is 6. The number of ether oxygens (including phenoxy) is 1. The molecule has 2 rings (SSSR count).